The van der Waals surface area contributed by atoms with Gasteiger partial charge in [0.1, 0.15) is 0 Å². The highest BCUT2D eigenvalue weighted by Crippen LogP contribution is 2.49. The van der Waals surface area contributed by atoms with Crippen molar-refractivity contribution in [2.24, 2.45) is 5.92 Å². The molecule has 1 aliphatic heterocycles. The van der Waals surface area contributed by atoms with E-state index in [-0.39, 0.29) is 11.4 Å². The number of benzene rings is 2. The predicted octanol–water partition coefficient (Wildman–Crippen LogP) is 5.22. The van der Waals surface area contributed by atoms with E-state index >= 15 is 0 Å². The minimum atomic E-state index is -0.240. The largest absolute Gasteiger partial charge is 0.347 e. The molecule has 1 heterocycles. The molecule has 2 aliphatic rings. The summed E-state index contributed by atoms with van der Waals surface area (Å²) in [6.45, 7) is 4.72. The number of likely N-dealkylation sites (tertiary alicyclic amines) is 1. The smallest absolute Gasteiger partial charge is 0.217 e. The number of carbonyl (C=O) groups excluding carboxylic acids is 1. The highest BCUT2D eigenvalue weighted by molar-refractivity contribution is 6.42. The summed E-state index contributed by atoms with van der Waals surface area (Å²) in [5, 5.41) is 4.52. The number of amides is 1. The highest BCUT2D eigenvalue weighted by atomic mass is 35.5. The second-order valence-corrected chi connectivity index (χ2v) is 9.02. The van der Waals surface area contributed by atoms with Gasteiger partial charge in [-0.2, -0.15) is 0 Å². The van der Waals surface area contributed by atoms with Crippen molar-refractivity contribution in [1.29, 1.82) is 0 Å². The first kappa shape index (κ1) is 19.8. The second-order valence-electron chi connectivity index (χ2n) is 8.21. The molecule has 0 spiro atoms. The minimum Gasteiger partial charge on any atom is -0.347 e. The molecule has 0 bridgehead atoms. The van der Waals surface area contributed by atoms with Gasteiger partial charge >= 0.3 is 0 Å². The molecule has 1 amide bonds. The Balaban J connectivity index is 1.37. The van der Waals surface area contributed by atoms with Gasteiger partial charge in [-0.15, -0.1) is 0 Å². The van der Waals surface area contributed by atoms with Crippen molar-refractivity contribution in [1.82, 2.24) is 10.2 Å². The molecule has 2 atom stereocenters. The van der Waals surface area contributed by atoms with Crippen LogP contribution in [-0.4, -0.2) is 30.4 Å². The number of carbonyl (C=O) groups is 1. The molecule has 0 radical (unpaired) electrons. The number of halogens is 2. The third kappa shape index (κ3) is 4.22. The van der Waals surface area contributed by atoms with Gasteiger partial charge in [0.25, 0.3) is 0 Å². The van der Waals surface area contributed by atoms with E-state index in [1.54, 1.807) is 6.92 Å². The molecule has 148 valence electrons. The standard InChI is InChI=1S/C23H26Cl2N2O/c1-16(28)26-23(19-5-3-2-4-6-19)9-11-27(12-10-23)15-18-13-20(18)17-7-8-21(24)22(25)14-17/h2-8,14,18,20H,9-13,15H2,1H3,(H,26,28)/t18-,20-/m1/s1. The molecule has 0 unspecified atom stereocenters. The zero-order valence-corrected chi connectivity index (χ0v) is 17.6. The number of rotatable bonds is 5. The minimum absolute atomic E-state index is 0.0409. The summed E-state index contributed by atoms with van der Waals surface area (Å²) in [6.07, 6.45) is 3.10. The summed E-state index contributed by atoms with van der Waals surface area (Å²) in [4.78, 5) is 14.4. The molecular weight excluding hydrogens is 391 g/mol. The van der Waals surface area contributed by atoms with Crippen LogP contribution in [0.15, 0.2) is 48.5 Å². The molecule has 28 heavy (non-hydrogen) atoms. The number of piperidine rings is 1. The fourth-order valence-electron chi connectivity index (χ4n) is 4.63. The first-order chi connectivity index (χ1) is 13.5. The van der Waals surface area contributed by atoms with Crippen LogP contribution in [0.25, 0.3) is 0 Å². The van der Waals surface area contributed by atoms with E-state index in [2.05, 4.69) is 40.5 Å². The fourth-order valence-corrected chi connectivity index (χ4v) is 4.94. The van der Waals surface area contributed by atoms with E-state index in [0.29, 0.717) is 21.9 Å². The third-order valence-electron chi connectivity index (χ3n) is 6.24. The molecule has 0 aromatic heterocycles. The van der Waals surface area contributed by atoms with Crippen LogP contribution in [-0.2, 0) is 10.3 Å². The Kier molecular flexibility index (Phi) is 5.69. The molecule has 1 saturated heterocycles. The van der Waals surface area contributed by atoms with Crippen molar-refractivity contribution in [2.75, 3.05) is 19.6 Å². The highest BCUT2D eigenvalue weighted by Gasteiger charge is 2.42. The van der Waals surface area contributed by atoms with E-state index < -0.39 is 0 Å². The van der Waals surface area contributed by atoms with Gasteiger partial charge in [0.05, 0.1) is 15.6 Å². The van der Waals surface area contributed by atoms with Crippen LogP contribution < -0.4 is 5.32 Å². The van der Waals surface area contributed by atoms with Crippen molar-refractivity contribution in [3.63, 3.8) is 0 Å². The third-order valence-corrected chi connectivity index (χ3v) is 6.98. The van der Waals surface area contributed by atoms with Crippen molar-refractivity contribution in [3.8, 4) is 0 Å². The number of hydrogen-bond donors (Lipinski definition) is 1. The topological polar surface area (TPSA) is 32.3 Å². The summed E-state index contributed by atoms with van der Waals surface area (Å²) >= 11 is 12.2. The Hall–Kier alpha value is -1.55. The number of nitrogens with zero attached hydrogens (tertiary/aromatic N) is 1. The van der Waals surface area contributed by atoms with Crippen LogP contribution in [0, 0.1) is 5.92 Å². The lowest BCUT2D eigenvalue weighted by Crippen LogP contribution is -2.52. The molecule has 5 heteroatoms. The lowest BCUT2D eigenvalue weighted by atomic mass is 9.80. The average Bonchev–Trinajstić information content (AvgIpc) is 3.45. The fraction of sp³-hybridized carbons (Fsp3) is 0.435. The average molecular weight is 417 g/mol. The molecular formula is C23H26Cl2N2O. The Morgan fingerprint density at radius 1 is 1.11 bits per heavy atom. The van der Waals surface area contributed by atoms with Gasteiger partial charge < -0.3 is 10.2 Å². The first-order valence-corrected chi connectivity index (χ1v) is 10.7. The maximum atomic E-state index is 11.9. The van der Waals surface area contributed by atoms with Crippen LogP contribution in [0.2, 0.25) is 10.0 Å². The van der Waals surface area contributed by atoms with Gasteiger partial charge in [0, 0.05) is 26.6 Å². The van der Waals surface area contributed by atoms with Gasteiger partial charge in [-0.1, -0.05) is 59.6 Å². The Labute approximate surface area is 177 Å². The molecule has 4 rings (SSSR count). The molecule has 2 aromatic carbocycles. The molecule has 1 saturated carbocycles. The summed E-state index contributed by atoms with van der Waals surface area (Å²) in [5.74, 6) is 1.31. The van der Waals surface area contributed by atoms with Crippen molar-refractivity contribution in [3.05, 3.63) is 69.7 Å². The Morgan fingerprint density at radius 2 is 1.82 bits per heavy atom. The van der Waals surface area contributed by atoms with E-state index in [1.807, 2.05) is 18.2 Å². The Morgan fingerprint density at radius 3 is 2.46 bits per heavy atom. The van der Waals surface area contributed by atoms with E-state index in [4.69, 9.17) is 23.2 Å². The lowest BCUT2D eigenvalue weighted by molar-refractivity contribution is -0.121. The van der Waals surface area contributed by atoms with Crippen LogP contribution in [0.3, 0.4) is 0 Å². The van der Waals surface area contributed by atoms with Crippen molar-refractivity contribution >= 4 is 29.1 Å². The van der Waals surface area contributed by atoms with E-state index in [9.17, 15) is 4.79 Å². The van der Waals surface area contributed by atoms with Gasteiger partial charge in [-0.25, -0.2) is 0 Å². The SMILES string of the molecule is CC(=O)NC1(c2ccccc2)CCN(C[C@H]2C[C@@H]2c2ccc(Cl)c(Cl)c2)CC1. The van der Waals surface area contributed by atoms with Crippen LogP contribution >= 0.6 is 23.2 Å². The zero-order chi connectivity index (χ0) is 19.7. The van der Waals surface area contributed by atoms with Gasteiger partial charge in [0.15, 0.2) is 0 Å². The zero-order valence-electron chi connectivity index (χ0n) is 16.1. The van der Waals surface area contributed by atoms with Crippen LogP contribution in [0.5, 0.6) is 0 Å². The monoisotopic (exact) mass is 416 g/mol. The van der Waals surface area contributed by atoms with E-state index in [1.165, 1.54) is 17.5 Å². The molecule has 1 N–H and O–H groups in total. The predicted molar refractivity (Wildman–Crippen MR) is 115 cm³/mol. The maximum Gasteiger partial charge on any atom is 0.217 e. The van der Waals surface area contributed by atoms with E-state index in [0.717, 1.165) is 32.5 Å². The molecule has 2 fully saturated rings. The summed E-state index contributed by atoms with van der Waals surface area (Å²) < 4.78 is 0. The number of nitrogens with one attached hydrogen (secondary N) is 1. The second kappa shape index (κ2) is 8.06. The van der Waals surface area contributed by atoms with Crippen molar-refractivity contribution < 1.29 is 4.79 Å². The summed E-state index contributed by atoms with van der Waals surface area (Å²) in [7, 11) is 0. The van der Waals surface area contributed by atoms with Crippen LogP contribution in [0.1, 0.15) is 43.2 Å². The summed E-state index contributed by atoms with van der Waals surface area (Å²) in [6, 6.07) is 16.4. The lowest BCUT2D eigenvalue weighted by Gasteiger charge is -2.43. The van der Waals surface area contributed by atoms with Gasteiger partial charge in [-0.05, 0) is 54.4 Å². The summed E-state index contributed by atoms with van der Waals surface area (Å²) in [5.41, 5.74) is 2.27. The van der Waals surface area contributed by atoms with Crippen molar-refractivity contribution in [2.45, 2.75) is 37.6 Å². The molecule has 1 aliphatic carbocycles. The van der Waals surface area contributed by atoms with Gasteiger partial charge in [0.2, 0.25) is 5.91 Å². The Bertz CT molecular complexity index is 847. The maximum absolute atomic E-state index is 11.9. The first-order valence-electron chi connectivity index (χ1n) is 9.98. The molecule has 3 nitrogen and oxygen atoms in total. The van der Waals surface area contributed by atoms with Gasteiger partial charge in [-0.3, -0.25) is 4.79 Å². The number of hydrogen-bond acceptors (Lipinski definition) is 2. The normalized spacial score (nSPS) is 24.0. The quantitative estimate of drug-likeness (QED) is 0.723. The molecule has 2 aromatic rings. The van der Waals surface area contributed by atoms with Crippen LogP contribution in [0.4, 0.5) is 0 Å².